The predicted octanol–water partition coefficient (Wildman–Crippen LogP) is 1.22. The topological polar surface area (TPSA) is 55.1 Å². The van der Waals surface area contributed by atoms with Crippen molar-refractivity contribution in [2.24, 2.45) is 7.05 Å². The largest absolute Gasteiger partial charge is 0.505 e. The van der Waals surface area contributed by atoms with Crippen LogP contribution >= 0.6 is 0 Å². The number of aromatic nitrogens is 2. The Morgan fingerprint density at radius 3 is 2.69 bits per heavy atom. The first-order chi connectivity index (χ1) is 6.00. The summed E-state index contributed by atoms with van der Waals surface area (Å²) in [4.78, 5) is 10.6. The zero-order chi connectivity index (χ0) is 10.0. The number of aliphatic hydroxyl groups is 1. The molecule has 1 heterocycles. The van der Waals surface area contributed by atoms with Crippen LogP contribution in [0.5, 0.6) is 0 Å². The molecule has 0 aliphatic carbocycles. The summed E-state index contributed by atoms with van der Waals surface area (Å²) in [5.74, 6) is -0.281. The van der Waals surface area contributed by atoms with E-state index in [1.807, 2.05) is 6.92 Å². The lowest BCUT2D eigenvalue weighted by Crippen LogP contribution is -1.94. The molecular weight excluding hydrogens is 168 g/mol. The van der Waals surface area contributed by atoms with Crippen LogP contribution < -0.4 is 0 Å². The third-order valence-corrected chi connectivity index (χ3v) is 1.72. The molecule has 4 heteroatoms. The van der Waals surface area contributed by atoms with Gasteiger partial charge in [-0.05, 0) is 19.9 Å². The molecule has 0 unspecified atom stereocenters. The van der Waals surface area contributed by atoms with E-state index < -0.39 is 0 Å². The molecule has 0 saturated heterocycles. The van der Waals surface area contributed by atoms with Crippen molar-refractivity contribution in [1.29, 1.82) is 0 Å². The zero-order valence-electron chi connectivity index (χ0n) is 7.90. The number of aliphatic hydroxyl groups excluding tert-OH is 1. The van der Waals surface area contributed by atoms with Gasteiger partial charge in [-0.3, -0.25) is 9.48 Å². The number of hydrogen-bond donors (Lipinski definition) is 1. The van der Waals surface area contributed by atoms with Crippen molar-refractivity contribution >= 4 is 11.5 Å². The number of hydrogen-bond acceptors (Lipinski definition) is 3. The van der Waals surface area contributed by atoms with Gasteiger partial charge in [-0.1, -0.05) is 0 Å². The van der Waals surface area contributed by atoms with Gasteiger partial charge in [0.15, 0.2) is 5.78 Å². The van der Waals surface area contributed by atoms with Crippen LogP contribution in [0.2, 0.25) is 0 Å². The Balaban J connectivity index is 3.02. The van der Waals surface area contributed by atoms with Gasteiger partial charge in [0, 0.05) is 18.8 Å². The molecule has 0 aromatic carbocycles. The number of aryl methyl sites for hydroxylation is 2. The Morgan fingerprint density at radius 2 is 2.31 bits per heavy atom. The highest BCUT2D eigenvalue weighted by molar-refractivity contribution is 5.93. The molecule has 0 aliphatic heterocycles. The maximum Gasteiger partial charge on any atom is 0.156 e. The van der Waals surface area contributed by atoms with Gasteiger partial charge in [-0.2, -0.15) is 5.10 Å². The Hall–Kier alpha value is -1.58. The average molecular weight is 180 g/mol. The van der Waals surface area contributed by atoms with E-state index in [1.165, 1.54) is 6.92 Å². The molecule has 0 amide bonds. The highest BCUT2D eigenvalue weighted by atomic mass is 16.3. The summed E-state index contributed by atoms with van der Waals surface area (Å²) in [5.41, 5.74) is 1.36. The van der Waals surface area contributed by atoms with Crippen LogP contribution in [0, 0.1) is 6.92 Å². The molecule has 0 bridgehead atoms. The number of rotatable bonds is 2. The summed E-state index contributed by atoms with van der Waals surface area (Å²) in [5, 5.41) is 13.4. The van der Waals surface area contributed by atoms with Gasteiger partial charge in [-0.25, -0.2) is 0 Å². The molecule has 0 atom stereocenters. The molecule has 1 rings (SSSR count). The van der Waals surface area contributed by atoms with Crippen molar-refractivity contribution in [3.05, 3.63) is 23.5 Å². The monoisotopic (exact) mass is 180 g/mol. The number of carbonyl (C=O) groups is 1. The summed E-state index contributed by atoms with van der Waals surface area (Å²) < 4.78 is 1.64. The van der Waals surface area contributed by atoms with Crippen LogP contribution in [0.1, 0.15) is 18.3 Å². The van der Waals surface area contributed by atoms with E-state index in [0.717, 1.165) is 11.8 Å². The lowest BCUT2D eigenvalue weighted by Gasteiger charge is -1.92. The molecule has 70 valence electrons. The van der Waals surface area contributed by atoms with Gasteiger partial charge in [0.1, 0.15) is 11.5 Å². The van der Waals surface area contributed by atoms with E-state index in [4.69, 9.17) is 0 Å². The van der Waals surface area contributed by atoms with Gasteiger partial charge in [0.25, 0.3) is 0 Å². The fourth-order valence-corrected chi connectivity index (χ4v) is 0.952. The molecule has 0 spiro atoms. The minimum atomic E-state index is -0.194. The number of nitrogens with zero attached hydrogens (tertiary/aromatic N) is 2. The molecule has 1 N–H and O–H groups in total. The van der Waals surface area contributed by atoms with E-state index in [0.29, 0.717) is 5.69 Å². The molecule has 4 nitrogen and oxygen atoms in total. The first kappa shape index (κ1) is 9.51. The second-order valence-electron chi connectivity index (χ2n) is 2.93. The Morgan fingerprint density at radius 1 is 1.69 bits per heavy atom. The van der Waals surface area contributed by atoms with Crippen molar-refractivity contribution in [2.45, 2.75) is 13.8 Å². The maximum atomic E-state index is 10.6. The fourth-order valence-electron chi connectivity index (χ4n) is 0.952. The van der Waals surface area contributed by atoms with E-state index in [1.54, 1.807) is 17.8 Å². The first-order valence-electron chi connectivity index (χ1n) is 3.93. The molecule has 0 fully saturated rings. The van der Waals surface area contributed by atoms with E-state index >= 15 is 0 Å². The van der Waals surface area contributed by atoms with E-state index in [9.17, 15) is 9.90 Å². The highest BCUT2D eigenvalue weighted by Crippen LogP contribution is 2.10. The quantitative estimate of drug-likeness (QED) is 0.550. The van der Waals surface area contributed by atoms with Crippen LogP contribution in [0.25, 0.3) is 5.76 Å². The van der Waals surface area contributed by atoms with Gasteiger partial charge in [0.05, 0.1) is 0 Å². The molecule has 1 aromatic rings. The standard InChI is InChI=1S/C9H12N2O2/c1-6-4-8(10-11(6)3)9(13)5-7(2)12/h4-5,13H,1-3H3. The minimum Gasteiger partial charge on any atom is -0.505 e. The van der Waals surface area contributed by atoms with Crippen LogP contribution in [-0.4, -0.2) is 20.7 Å². The van der Waals surface area contributed by atoms with Crippen molar-refractivity contribution in [3.8, 4) is 0 Å². The summed E-state index contributed by atoms with van der Waals surface area (Å²) in [7, 11) is 1.78. The average Bonchev–Trinajstić information content (AvgIpc) is 2.31. The Labute approximate surface area is 76.5 Å². The molecule has 13 heavy (non-hydrogen) atoms. The summed E-state index contributed by atoms with van der Waals surface area (Å²) in [6.07, 6.45) is 1.15. The predicted molar refractivity (Wildman–Crippen MR) is 49.2 cm³/mol. The van der Waals surface area contributed by atoms with Crippen molar-refractivity contribution in [2.75, 3.05) is 0 Å². The first-order valence-corrected chi connectivity index (χ1v) is 3.93. The second kappa shape index (κ2) is 3.43. The molecule has 0 aliphatic rings. The number of carbonyl (C=O) groups excluding carboxylic acids is 1. The maximum absolute atomic E-state index is 10.6. The van der Waals surface area contributed by atoms with Gasteiger partial charge >= 0.3 is 0 Å². The highest BCUT2D eigenvalue weighted by Gasteiger charge is 2.05. The molecular formula is C9H12N2O2. The van der Waals surface area contributed by atoms with E-state index in [2.05, 4.69) is 5.10 Å². The molecule has 1 aromatic heterocycles. The molecule has 0 radical (unpaired) electrons. The number of ketones is 1. The summed E-state index contributed by atoms with van der Waals surface area (Å²) in [6, 6.07) is 1.72. The Kier molecular flexibility index (Phi) is 2.51. The van der Waals surface area contributed by atoms with Crippen LogP contribution in [-0.2, 0) is 11.8 Å². The summed E-state index contributed by atoms with van der Waals surface area (Å²) in [6.45, 7) is 3.25. The van der Waals surface area contributed by atoms with Gasteiger partial charge in [-0.15, -0.1) is 0 Å². The van der Waals surface area contributed by atoms with Crippen molar-refractivity contribution in [1.82, 2.24) is 9.78 Å². The lowest BCUT2D eigenvalue weighted by atomic mass is 10.3. The van der Waals surface area contributed by atoms with Crippen LogP contribution in [0.15, 0.2) is 12.1 Å². The third-order valence-electron chi connectivity index (χ3n) is 1.72. The SMILES string of the molecule is CC(=O)C=C(O)c1cc(C)n(C)n1. The Bertz CT molecular complexity index is 344. The van der Waals surface area contributed by atoms with Crippen molar-refractivity contribution < 1.29 is 9.90 Å². The van der Waals surface area contributed by atoms with Gasteiger partial charge < -0.3 is 5.11 Å². The van der Waals surface area contributed by atoms with Crippen LogP contribution in [0.3, 0.4) is 0 Å². The summed E-state index contributed by atoms with van der Waals surface area (Å²) >= 11 is 0. The van der Waals surface area contributed by atoms with Crippen LogP contribution in [0.4, 0.5) is 0 Å². The fraction of sp³-hybridized carbons (Fsp3) is 0.333. The van der Waals surface area contributed by atoms with Crippen molar-refractivity contribution in [3.63, 3.8) is 0 Å². The third kappa shape index (κ3) is 2.18. The smallest absolute Gasteiger partial charge is 0.156 e. The zero-order valence-corrected chi connectivity index (χ0v) is 7.90. The second-order valence-corrected chi connectivity index (χ2v) is 2.93. The normalized spacial score (nSPS) is 11.8. The lowest BCUT2D eigenvalue weighted by molar-refractivity contribution is -0.112. The minimum absolute atomic E-state index is 0.0869. The van der Waals surface area contributed by atoms with Gasteiger partial charge in [0.2, 0.25) is 0 Å². The molecule has 0 saturated carbocycles. The van der Waals surface area contributed by atoms with E-state index in [-0.39, 0.29) is 11.5 Å². The number of allylic oxidation sites excluding steroid dienone is 1.